The highest BCUT2D eigenvalue weighted by atomic mass is 32.2. The average molecular weight is 504 g/mol. The van der Waals surface area contributed by atoms with E-state index < -0.39 is 39.2 Å². The van der Waals surface area contributed by atoms with Gasteiger partial charge in [0.1, 0.15) is 11.9 Å². The molecule has 0 saturated heterocycles. The van der Waals surface area contributed by atoms with E-state index in [1.807, 2.05) is 0 Å². The maximum Gasteiger partial charge on any atom is 0.254 e. The highest BCUT2D eigenvalue weighted by molar-refractivity contribution is 7.89. The number of carbonyl (C=O) groups excluding carboxylic acids is 2. The van der Waals surface area contributed by atoms with Gasteiger partial charge in [-0.15, -0.1) is 0 Å². The van der Waals surface area contributed by atoms with Crippen molar-refractivity contribution in [3.8, 4) is 0 Å². The summed E-state index contributed by atoms with van der Waals surface area (Å²) in [5.41, 5.74) is -0.345. The van der Waals surface area contributed by atoms with Crippen LogP contribution in [0.3, 0.4) is 0 Å². The predicted molar refractivity (Wildman–Crippen MR) is 134 cm³/mol. The normalized spacial score (nSPS) is 15.9. The highest BCUT2D eigenvalue weighted by Gasteiger charge is 2.27. The Morgan fingerprint density at radius 2 is 1.63 bits per heavy atom. The molecule has 0 heterocycles. The van der Waals surface area contributed by atoms with Crippen LogP contribution >= 0.6 is 0 Å². The largest absolute Gasteiger partial charge is 0.340 e. The molecule has 1 fully saturated rings. The molecule has 1 atom stereocenters. The van der Waals surface area contributed by atoms with Crippen LogP contribution in [-0.2, 0) is 14.8 Å². The first kappa shape index (κ1) is 26.8. The van der Waals surface area contributed by atoms with Gasteiger partial charge in [0.25, 0.3) is 5.91 Å². The lowest BCUT2D eigenvalue weighted by molar-refractivity contribution is -0.118. The van der Waals surface area contributed by atoms with Gasteiger partial charge in [-0.05, 0) is 69.5 Å². The quantitative estimate of drug-likeness (QED) is 0.489. The van der Waals surface area contributed by atoms with Gasteiger partial charge in [0, 0.05) is 11.2 Å². The minimum Gasteiger partial charge on any atom is -0.340 e. The molecule has 35 heavy (non-hydrogen) atoms. The molecule has 0 bridgehead atoms. The average Bonchev–Trinajstić information content (AvgIpc) is 2.78. The summed E-state index contributed by atoms with van der Waals surface area (Å²) in [6.45, 7) is 5.25. The van der Waals surface area contributed by atoms with Gasteiger partial charge in [0.15, 0.2) is 0 Å². The highest BCUT2D eigenvalue weighted by Crippen LogP contribution is 2.28. The molecule has 2 aromatic rings. The van der Waals surface area contributed by atoms with Crippen LogP contribution < -0.4 is 15.4 Å². The van der Waals surface area contributed by atoms with Crippen molar-refractivity contribution >= 4 is 27.5 Å². The number of benzene rings is 2. The standard InChI is InChI=1S/C26H34FN3O4S/c1-26(2,3)30-35(33,34)20-15-13-19(14-16-20)28-25(32)23(17-18-9-5-4-6-10-18)29-24(31)21-11-7-8-12-22(21)27/h7-8,11-16,18,23,30H,4-6,9-10,17H2,1-3H3,(H,28,32)(H,29,31). The van der Waals surface area contributed by atoms with Crippen molar-refractivity contribution in [1.82, 2.24) is 10.0 Å². The minimum atomic E-state index is -3.70. The number of carbonyl (C=O) groups is 2. The Labute approximate surface area is 206 Å². The van der Waals surface area contributed by atoms with Gasteiger partial charge in [0.05, 0.1) is 10.5 Å². The molecule has 1 aliphatic rings. The smallest absolute Gasteiger partial charge is 0.254 e. The number of amides is 2. The van der Waals surface area contributed by atoms with E-state index in [1.54, 1.807) is 26.8 Å². The molecule has 1 saturated carbocycles. The van der Waals surface area contributed by atoms with E-state index in [-0.39, 0.29) is 16.4 Å². The van der Waals surface area contributed by atoms with E-state index in [9.17, 15) is 22.4 Å². The van der Waals surface area contributed by atoms with Crippen LogP contribution in [-0.4, -0.2) is 31.8 Å². The Hall–Kier alpha value is -2.78. The monoisotopic (exact) mass is 503 g/mol. The van der Waals surface area contributed by atoms with Crippen LogP contribution in [0, 0.1) is 11.7 Å². The number of sulfonamides is 1. The molecule has 0 aliphatic heterocycles. The molecule has 7 nitrogen and oxygen atoms in total. The molecule has 3 rings (SSSR count). The van der Waals surface area contributed by atoms with E-state index in [2.05, 4.69) is 15.4 Å². The Bertz CT molecular complexity index is 1140. The van der Waals surface area contributed by atoms with Crippen molar-refractivity contribution in [2.75, 3.05) is 5.32 Å². The summed E-state index contributed by atoms with van der Waals surface area (Å²) in [7, 11) is -3.70. The molecular formula is C26H34FN3O4S. The van der Waals surface area contributed by atoms with E-state index in [0.717, 1.165) is 32.1 Å². The third-order valence-corrected chi connectivity index (χ3v) is 7.68. The molecule has 3 N–H and O–H groups in total. The zero-order valence-electron chi connectivity index (χ0n) is 20.4. The van der Waals surface area contributed by atoms with Gasteiger partial charge in [-0.25, -0.2) is 17.5 Å². The molecule has 0 aromatic heterocycles. The zero-order chi connectivity index (χ0) is 25.6. The van der Waals surface area contributed by atoms with Crippen molar-refractivity contribution in [3.63, 3.8) is 0 Å². The van der Waals surface area contributed by atoms with E-state index in [4.69, 9.17) is 0 Å². The molecule has 2 aromatic carbocycles. The Morgan fingerprint density at radius 3 is 2.23 bits per heavy atom. The van der Waals surface area contributed by atoms with Crippen molar-refractivity contribution in [1.29, 1.82) is 0 Å². The van der Waals surface area contributed by atoms with Gasteiger partial charge in [-0.1, -0.05) is 44.2 Å². The van der Waals surface area contributed by atoms with Gasteiger partial charge in [0.2, 0.25) is 15.9 Å². The fourth-order valence-electron chi connectivity index (χ4n) is 4.28. The molecule has 2 amide bonds. The SMILES string of the molecule is CC(C)(C)NS(=O)(=O)c1ccc(NC(=O)C(CC2CCCCC2)NC(=O)c2ccccc2F)cc1. The predicted octanol–water partition coefficient (Wildman–Crippen LogP) is 4.61. The molecule has 0 radical (unpaired) electrons. The van der Waals surface area contributed by atoms with Crippen molar-refractivity contribution in [2.45, 2.75) is 75.8 Å². The summed E-state index contributed by atoms with van der Waals surface area (Å²) in [4.78, 5) is 26.0. The van der Waals surface area contributed by atoms with Crippen LogP contribution in [0.4, 0.5) is 10.1 Å². The lowest BCUT2D eigenvalue weighted by Crippen LogP contribution is -2.45. The fourth-order valence-corrected chi connectivity index (χ4v) is 5.70. The topological polar surface area (TPSA) is 104 Å². The van der Waals surface area contributed by atoms with Gasteiger partial charge >= 0.3 is 0 Å². The van der Waals surface area contributed by atoms with Gasteiger partial charge in [-0.3, -0.25) is 9.59 Å². The van der Waals surface area contributed by atoms with Crippen molar-refractivity contribution in [3.05, 3.63) is 59.9 Å². The number of hydrogen-bond donors (Lipinski definition) is 3. The molecule has 1 aliphatic carbocycles. The van der Waals surface area contributed by atoms with Gasteiger partial charge < -0.3 is 10.6 Å². The second-order valence-corrected chi connectivity index (χ2v) is 11.8. The van der Waals surface area contributed by atoms with Crippen LogP contribution in [0.15, 0.2) is 53.4 Å². The van der Waals surface area contributed by atoms with Crippen molar-refractivity contribution < 1.29 is 22.4 Å². The Kier molecular flexibility index (Phi) is 8.66. The maximum atomic E-state index is 14.1. The van der Waals surface area contributed by atoms with Crippen LogP contribution in [0.1, 0.15) is 69.7 Å². The fraction of sp³-hybridized carbons (Fsp3) is 0.462. The summed E-state index contributed by atoms with van der Waals surface area (Å²) >= 11 is 0. The van der Waals surface area contributed by atoms with E-state index in [1.165, 1.54) is 42.5 Å². The zero-order valence-corrected chi connectivity index (χ0v) is 21.3. The number of rotatable bonds is 8. The number of hydrogen-bond acceptors (Lipinski definition) is 4. The Balaban J connectivity index is 1.74. The lowest BCUT2D eigenvalue weighted by atomic mass is 9.84. The minimum absolute atomic E-state index is 0.0806. The van der Waals surface area contributed by atoms with Crippen LogP contribution in [0.2, 0.25) is 0 Å². The van der Waals surface area contributed by atoms with E-state index in [0.29, 0.717) is 12.1 Å². The summed E-state index contributed by atoms with van der Waals surface area (Å²) < 4.78 is 41.7. The first-order chi connectivity index (χ1) is 16.4. The number of anilines is 1. The summed E-state index contributed by atoms with van der Waals surface area (Å²) in [6, 6.07) is 10.6. The summed E-state index contributed by atoms with van der Waals surface area (Å²) in [5.74, 6) is -1.43. The van der Waals surface area contributed by atoms with E-state index >= 15 is 0 Å². The molecule has 1 unspecified atom stereocenters. The van der Waals surface area contributed by atoms with Gasteiger partial charge in [-0.2, -0.15) is 0 Å². The first-order valence-corrected chi connectivity index (χ1v) is 13.4. The maximum absolute atomic E-state index is 14.1. The second kappa shape index (κ2) is 11.3. The summed E-state index contributed by atoms with van der Waals surface area (Å²) in [6.07, 6.45) is 5.74. The third kappa shape index (κ3) is 7.86. The van der Waals surface area contributed by atoms with Crippen molar-refractivity contribution in [2.24, 2.45) is 5.92 Å². The first-order valence-electron chi connectivity index (χ1n) is 11.9. The number of nitrogens with one attached hydrogen (secondary N) is 3. The number of halogens is 1. The summed E-state index contributed by atoms with van der Waals surface area (Å²) in [5, 5.41) is 5.47. The van der Waals surface area contributed by atoms with Crippen LogP contribution in [0.25, 0.3) is 0 Å². The Morgan fingerprint density at radius 1 is 1.00 bits per heavy atom. The third-order valence-electron chi connectivity index (χ3n) is 5.91. The molecular weight excluding hydrogens is 469 g/mol. The molecule has 9 heteroatoms. The van der Waals surface area contributed by atoms with Crippen LogP contribution in [0.5, 0.6) is 0 Å². The molecule has 190 valence electrons. The lowest BCUT2D eigenvalue weighted by Gasteiger charge is -2.26. The second-order valence-electron chi connectivity index (χ2n) is 10.1. The molecule has 0 spiro atoms.